The second kappa shape index (κ2) is 10.8. The summed E-state index contributed by atoms with van der Waals surface area (Å²) >= 11 is 0. The Balaban J connectivity index is 1.96. The van der Waals surface area contributed by atoms with Crippen molar-refractivity contribution in [1.29, 1.82) is 0 Å². The monoisotopic (exact) mass is 408 g/mol. The predicted octanol–water partition coefficient (Wildman–Crippen LogP) is 1.31. The summed E-state index contributed by atoms with van der Waals surface area (Å²) in [5.41, 5.74) is 6.85. The summed E-state index contributed by atoms with van der Waals surface area (Å²) in [5, 5.41) is 20.2. The van der Waals surface area contributed by atoms with Gasteiger partial charge in [0, 0.05) is 11.3 Å². The number of carbonyl (C=O) groups excluding carboxylic acids is 2. The van der Waals surface area contributed by atoms with Crippen molar-refractivity contribution >= 4 is 29.4 Å². The first-order chi connectivity index (χ1) is 14.4. The minimum Gasteiger partial charge on any atom is -0.481 e. The van der Waals surface area contributed by atoms with Crippen LogP contribution in [0.4, 0.5) is 5.69 Å². The highest BCUT2D eigenvalue weighted by Gasteiger charge is 2.18. The molecule has 1 atom stereocenters. The fourth-order valence-corrected chi connectivity index (χ4v) is 2.59. The molecular formula is C20H20N6O4. The van der Waals surface area contributed by atoms with E-state index in [2.05, 4.69) is 26.0 Å². The van der Waals surface area contributed by atoms with Crippen molar-refractivity contribution in [2.75, 3.05) is 11.9 Å². The number of hydrogen-bond donors (Lipinski definition) is 5. The van der Waals surface area contributed by atoms with E-state index >= 15 is 0 Å². The van der Waals surface area contributed by atoms with Crippen LogP contribution in [0.25, 0.3) is 4.95 Å². The number of benzene rings is 2. The van der Waals surface area contributed by atoms with Crippen molar-refractivity contribution in [2.45, 2.75) is 12.5 Å². The summed E-state index contributed by atoms with van der Waals surface area (Å²) in [6.45, 7) is 6.30. The number of rotatable bonds is 8. The van der Waals surface area contributed by atoms with Gasteiger partial charge < -0.3 is 26.8 Å². The third-order valence-corrected chi connectivity index (χ3v) is 3.88. The van der Waals surface area contributed by atoms with Gasteiger partial charge in [-0.3, -0.25) is 14.4 Å². The molecule has 0 heterocycles. The van der Waals surface area contributed by atoms with Gasteiger partial charge in [-0.15, -0.1) is 4.95 Å². The maximum absolute atomic E-state index is 12.3. The van der Waals surface area contributed by atoms with Gasteiger partial charge in [0.05, 0.1) is 19.0 Å². The summed E-state index contributed by atoms with van der Waals surface area (Å²) < 4.78 is 0. The molecule has 2 amide bonds. The van der Waals surface area contributed by atoms with Gasteiger partial charge in [-0.1, -0.05) is 36.4 Å². The van der Waals surface area contributed by atoms with Gasteiger partial charge in [0.25, 0.3) is 11.9 Å². The second-order valence-electron chi connectivity index (χ2n) is 6.10. The maximum atomic E-state index is 12.3. The van der Waals surface area contributed by atoms with Gasteiger partial charge >= 0.3 is 5.97 Å². The van der Waals surface area contributed by atoms with Crippen LogP contribution in [0, 0.1) is 6.57 Å². The van der Waals surface area contributed by atoms with Gasteiger partial charge in [-0.25, -0.2) is 0 Å². The van der Waals surface area contributed by atoms with Gasteiger partial charge in [-0.05, 0) is 23.8 Å². The topological polar surface area (TPSA) is 150 Å². The zero-order chi connectivity index (χ0) is 21.9. The average molecular weight is 408 g/mol. The van der Waals surface area contributed by atoms with E-state index in [1.54, 1.807) is 42.5 Å². The number of hydrogen-bond acceptors (Lipinski definition) is 4. The zero-order valence-electron chi connectivity index (χ0n) is 15.8. The molecule has 1 unspecified atom stereocenters. The van der Waals surface area contributed by atoms with Crippen LogP contribution in [0.5, 0.6) is 0 Å². The molecule has 10 heteroatoms. The highest BCUT2D eigenvalue weighted by Crippen LogP contribution is 2.16. The van der Waals surface area contributed by atoms with Crippen LogP contribution in [0.3, 0.4) is 0 Å². The van der Waals surface area contributed by atoms with Crippen molar-refractivity contribution in [3.05, 3.63) is 77.3 Å². The molecule has 30 heavy (non-hydrogen) atoms. The number of aliphatic carboxylic acids is 1. The van der Waals surface area contributed by atoms with Crippen molar-refractivity contribution in [1.82, 2.24) is 10.6 Å². The SMILES string of the molecule is [C-]#[N+]N=C(N)Nc1cccc(C(=O)NCC(=O)NC(CC(=O)O)c2ccccc2)c1. The summed E-state index contributed by atoms with van der Waals surface area (Å²) in [6, 6.07) is 14.2. The largest absolute Gasteiger partial charge is 0.481 e. The lowest BCUT2D eigenvalue weighted by molar-refractivity contribution is -0.137. The number of guanidine groups is 1. The van der Waals surface area contributed by atoms with Gasteiger partial charge in [0.15, 0.2) is 0 Å². The smallest absolute Gasteiger partial charge is 0.305 e. The fraction of sp³-hybridized carbons (Fsp3) is 0.150. The Labute approximate surface area is 172 Å². The minimum atomic E-state index is -1.06. The molecule has 0 saturated heterocycles. The summed E-state index contributed by atoms with van der Waals surface area (Å²) in [6.07, 6.45) is -0.287. The van der Waals surface area contributed by atoms with Crippen LogP contribution < -0.4 is 21.7 Å². The zero-order valence-corrected chi connectivity index (χ0v) is 15.8. The van der Waals surface area contributed by atoms with E-state index in [-0.39, 0.29) is 24.5 Å². The number of nitrogens with zero attached hydrogens (tertiary/aromatic N) is 2. The number of amides is 2. The van der Waals surface area contributed by atoms with Crippen LogP contribution in [-0.4, -0.2) is 35.4 Å². The molecule has 10 nitrogen and oxygen atoms in total. The Hall–Kier alpha value is -4.39. The number of anilines is 1. The molecule has 0 spiro atoms. The van der Waals surface area contributed by atoms with Gasteiger partial charge in [-0.2, -0.15) is 6.57 Å². The quantitative estimate of drug-likeness (QED) is 0.192. The van der Waals surface area contributed by atoms with E-state index in [1.807, 2.05) is 0 Å². The molecule has 2 aromatic rings. The minimum absolute atomic E-state index is 0.118. The van der Waals surface area contributed by atoms with Crippen LogP contribution in [-0.2, 0) is 9.59 Å². The maximum Gasteiger partial charge on any atom is 0.305 e. The highest BCUT2D eigenvalue weighted by atomic mass is 16.4. The number of nitrogens with two attached hydrogens (primary N) is 1. The predicted molar refractivity (Wildman–Crippen MR) is 110 cm³/mol. The highest BCUT2D eigenvalue weighted by molar-refractivity contribution is 5.99. The molecule has 2 rings (SSSR count). The molecule has 0 aromatic heterocycles. The first-order valence-electron chi connectivity index (χ1n) is 8.80. The lowest BCUT2D eigenvalue weighted by Gasteiger charge is -2.17. The number of carboxylic acids is 1. The molecule has 6 N–H and O–H groups in total. The van der Waals surface area contributed by atoms with Crippen molar-refractivity contribution in [3.63, 3.8) is 0 Å². The molecule has 0 fully saturated rings. The van der Waals surface area contributed by atoms with Crippen LogP contribution in [0.15, 0.2) is 59.7 Å². The van der Waals surface area contributed by atoms with Crippen LogP contribution in [0.2, 0.25) is 0 Å². The van der Waals surface area contributed by atoms with E-state index in [0.717, 1.165) is 0 Å². The van der Waals surface area contributed by atoms with Crippen molar-refractivity contribution in [2.24, 2.45) is 10.8 Å². The molecule has 2 aromatic carbocycles. The van der Waals surface area contributed by atoms with Crippen LogP contribution in [0.1, 0.15) is 28.4 Å². The number of carbonyl (C=O) groups is 3. The van der Waals surface area contributed by atoms with Crippen molar-refractivity contribution in [3.8, 4) is 0 Å². The van der Waals surface area contributed by atoms with E-state index < -0.39 is 23.8 Å². The van der Waals surface area contributed by atoms with E-state index in [4.69, 9.17) is 17.4 Å². The summed E-state index contributed by atoms with van der Waals surface area (Å²) in [7, 11) is 0. The standard InChI is InChI=1S/C20H20N6O4/c1-22-26-20(21)24-15-9-5-8-14(10-15)19(30)23-12-17(27)25-16(11-18(28)29)13-6-3-2-4-7-13/h2-10,16H,11-12H2,(H,23,30)(H,25,27)(H,28,29)(H3,21,24,26). The molecule has 0 aliphatic carbocycles. The van der Waals surface area contributed by atoms with Crippen LogP contribution >= 0.6 is 0 Å². The molecule has 0 aliphatic heterocycles. The van der Waals surface area contributed by atoms with Crippen molar-refractivity contribution < 1.29 is 19.5 Å². The van der Waals surface area contributed by atoms with E-state index in [1.165, 1.54) is 12.1 Å². The molecule has 154 valence electrons. The van der Waals surface area contributed by atoms with E-state index in [0.29, 0.717) is 11.3 Å². The first-order valence-corrected chi connectivity index (χ1v) is 8.80. The third-order valence-electron chi connectivity index (χ3n) is 3.88. The lowest BCUT2D eigenvalue weighted by atomic mass is 10.0. The Bertz CT molecular complexity index is 984. The molecule has 0 radical (unpaired) electrons. The van der Waals surface area contributed by atoms with Gasteiger partial charge in [0.2, 0.25) is 5.91 Å². The third kappa shape index (κ3) is 6.97. The molecular weight excluding hydrogens is 388 g/mol. The van der Waals surface area contributed by atoms with Gasteiger partial charge in [0.1, 0.15) is 5.10 Å². The molecule has 0 bridgehead atoms. The number of nitrogens with one attached hydrogen (secondary N) is 3. The lowest BCUT2D eigenvalue weighted by Crippen LogP contribution is -2.39. The Morgan fingerprint density at radius 1 is 1.13 bits per heavy atom. The Kier molecular flexibility index (Phi) is 7.90. The average Bonchev–Trinajstić information content (AvgIpc) is 2.72. The fourth-order valence-electron chi connectivity index (χ4n) is 2.59. The Morgan fingerprint density at radius 3 is 2.53 bits per heavy atom. The number of carboxylic acid groups (broad SMARTS) is 1. The summed E-state index contributed by atoms with van der Waals surface area (Å²) in [4.78, 5) is 38.5. The normalized spacial score (nSPS) is 11.6. The first kappa shape index (κ1) is 21.9. The second-order valence-corrected chi connectivity index (χ2v) is 6.10. The molecule has 0 aliphatic rings. The van der Waals surface area contributed by atoms with E-state index in [9.17, 15) is 14.4 Å². The summed E-state index contributed by atoms with van der Waals surface area (Å²) in [5.74, 6) is -2.21. The molecule has 0 saturated carbocycles. The Morgan fingerprint density at radius 2 is 1.87 bits per heavy atom.